The van der Waals surface area contributed by atoms with Crippen molar-refractivity contribution in [2.75, 3.05) is 13.2 Å². The number of halogens is 1. The molecular weight excluding hydrogens is 514 g/mol. The fourth-order valence-corrected chi connectivity index (χ4v) is 4.79. The van der Waals surface area contributed by atoms with E-state index in [4.69, 9.17) is 9.47 Å². The molecule has 174 valence electrons. The van der Waals surface area contributed by atoms with Gasteiger partial charge in [0.1, 0.15) is 24.7 Å². The van der Waals surface area contributed by atoms with Crippen LogP contribution in [0.3, 0.4) is 0 Å². The maximum Gasteiger partial charge on any atom is 0.293 e. The van der Waals surface area contributed by atoms with E-state index in [0.29, 0.717) is 17.3 Å². The number of carbonyl (C=O) groups is 2. The first-order valence-corrected chi connectivity index (χ1v) is 12.4. The molecule has 0 aliphatic carbocycles. The van der Waals surface area contributed by atoms with Crippen molar-refractivity contribution in [3.05, 3.63) is 98.4 Å². The molecule has 0 saturated carbocycles. The van der Waals surface area contributed by atoms with E-state index in [1.807, 2.05) is 80.6 Å². The number of carbonyl (C=O) groups excluding carboxylic acids is 2. The van der Waals surface area contributed by atoms with E-state index >= 15 is 0 Å². The van der Waals surface area contributed by atoms with Gasteiger partial charge in [-0.2, -0.15) is 0 Å². The molecule has 0 N–H and O–H groups in total. The molecule has 1 saturated heterocycles. The highest BCUT2D eigenvalue weighted by molar-refractivity contribution is 9.10. The van der Waals surface area contributed by atoms with Crippen molar-refractivity contribution in [3.8, 4) is 11.5 Å². The molecule has 4 rings (SSSR count). The SMILES string of the molecule is Cc1ccc(C)c(OCCN2C(=O)S/C(=C\c3ccc(OCc4ccccc4)c(Br)c3)C2=O)c1. The highest BCUT2D eigenvalue weighted by atomic mass is 79.9. The third kappa shape index (κ3) is 5.90. The Hall–Kier alpha value is -3.03. The number of thioether (sulfide) groups is 1. The molecule has 0 bridgehead atoms. The van der Waals surface area contributed by atoms with Crippen molar-refractivity contribution < 1.29 is 19.1 Å². The molecule has 0 aromatic heterocycles. The maximum atomic E-state index is 12.8. The van der Waals surface area contributed by atoms with E-state index in [1.54, 1.807) is 6.08 Å². The topological polar surface area (TPSA) is 55.8 Å². The zero-order valence-corrected chi connectivity index (χ0v) is 21.3. The molecular formula is C27H24BrNO4S. The average Bonchev–Trinajstić information content (AvgIpc) is 3.08. The highest BCUT2D eigenvalue weighted by Gasteiger charge is 2.34. The number of imide groups is 1. The second-order valence-electron chi connectivity index (χ2n) is 7.91. The lowest BCUT2D eigenvalue weighted by Gasteiger charge is -2.14. The summed E-state index contributed by atoms with van der Waals surface area (Å²) in [5.74, 6) is 1.17. The van der Waals surface area contributed by atoms with E-state index in [0.717, 1.165) is 44.2 Å². The van der Waals surface area contributed by atoms with Gasteiger partial charge < -0.3 is 9.47 Å². The Balaban J connectivity index is 1.37. The molecule has 5 nitrogen and oxygen atoms in total. The number of rotatable bonds is 8. The fraction of sp³-hybridized carbons (Fsp3) is 0.185. The van der Waals surface area contributed by atoms with Gasteiger partial charge in [-0.3, -0.25) is 14.5 Å². The summed E-state index contributed by atoms with van der Waals surface area (Å²) in [6, 6.07) is 21.5. The number of hydrogen-bond donors (Lipinski definition) is 0. The Kier molecular flexibility index (Phi) is 7.75. The zero-order valence-electron chi connectivity index (χ0n) is 18.9. The Morgan fingerprint density at radius 2 is 1.74 bits per heavy atom. The van der Waals surface area contributed by atoms with Gasteiger partial charge in [0.2, 0.25) is 0 Å². The first-order chi connectivity index (χ1) is 16.4. The molecule has 2 amide bonds. The third-order valence-electron chi connectivity index (χ3n) is 5.28. The van der Waals surface area contributed by atoms with Crippen LogP contribution >= 0.6 is 27.7 Å². The fourth-order valence-electron chi connectivity index (χ4n) is 3.41. The van der Waals surface area contributed by atoms with Crippen molar-refractivity contribution in [3.63, 3.8) is 0 Å². The highest BCUT2D eigenvalue weighted by Crippen LogP contribution is 2.34. The van der Waals surface area contributed by atoms with E-state index in [-0.39, 0.29) is 24.3 Å². The smallest absolute Gasteiger partial charge is 0.293 e. The standard InChI is InChI=1S/C27H24BrNO4S/c1-18-8-9-19(2)24(14-18)32-13-12-29-26(30)25(34-27(29)31)16-21-10-11-23(22(28)15-21)33-17-20-6-4-3-5-7-20/h3-11,14-16H,12-13,17H2,1-2H3/b25-16-. The summed E-state index contributed by atoms with van der Waals surface area (Å²) in [6.45, 7) is 4.86. The van der Waals surface area contributed by atoms with Crippen molar-refractivity contribution in [2.24, 2.45) is 0 Å². The summed E-state index contributed by atoms with van der Waals surface area (Å²) < 4.78 is 12.5. The molecule has 34 heavy (non-hydrogen) atoms. The number of benzene rings is 3. The van der Waals surface area contributed by atoms with Crippen molar-refractivity contribution >= 4 is 44.9 Å². The summed E-state index contributed by atoms with van der Waals surface area (Å²) in [7, 11) is 0. The van der Waals surface area contributed by atoms with Crippen molar-refractivity contribution in [2.45, 2.75) is 20.5 Å². The monoisotopic (exact) mass is 537 g/mol. The quantitative estimate of drug-likeness (QED) is 0.297. The van der Waals surface area contributed by atoms with Crippen LogP contribution in [0.25, 0.3) is 6.08 Å². The molecule has 7 heteroatoms. The van der Waals surface area contributed by atoms with E-state index in [1.165, 1.54) is 4.90 Å². The van der Waals surface area contributed by atoms with Crippen LogP contribution in [-0.4, -0.2) is 29.2 Å². The van der Waals surface area contributed by atoms with Gasteiger partial charge in [0.15, 0.2) is 0 Å². The zero-order chi connectivity index (χ0) is 24.1. The Morgan fingerprint density at radius 1 is 0.941 bits per heavy atom. The van der Waals surface area contributed by atoms with Gasteiger partial charge in [0, 0.05) is 0 Å². The van der Waals surface area contributed by atoms with Crippen LogP contribution in [0.15, 0.2) is 76.1 Å². The average molecular weight is 538 g/mol. The molecule has 0 radical (unpaired) electrons. The Labute approximate surface area is 211 Å². The number of amides is 2. The minimum absolute atomic E-state index is 0.200. The van der Waals surface area contributed by atoms with Crippen LogP contribution in [0, 0.1) is 13.8 Å². The summed E-state index contributed by atoms with van der Waals surface area (Å²) >= 11 is 4.48. The second-order valence-corrected chi connectivity index (χ2v) is 9.76. The molecule has 1 aliphatic heterocycles. The minimum Gasteiger partial charge on any atom is -0.491 e. The van der Waals surface area contributed by atoms with E-state index in [9.17, 15) is 9.59 Å². The first-order valence-electron chi connectivity index (χ1n) is 10.8. The molecule has 1 aliphatic rings. The van der Waals surface area contributed by atoms with Crippen LogP contribution in [-0.2, 0) is 11.4 Å². The number of aryl methyl sites for hydroxylation is 2. The third-order valence-corrected chi connectivity index (χ3v) is 6.81. The Bertz CT molecular complexity index is 1240. The molecule has 0 atom stereocenters. The van der Waals surface area contributed by atoms with Gasteiger partial charge in [-0.05, 0) is 88.1 Å². The lowest BCUT2D eigenvalue weighted by atomic mass is 10.1. The summed E-state index contributed by atoms with van der Waals surface area (Å²) in [5, 5.41) is -0.289. The van der Waals surface area contributed by atoms with Gasteiger partial charge in [-0.1, -0.05) is 48.5 Å². The summed E-state index contributed by atoms with van der Waals surface area (Å²) in [4.78, 5) is 26.9. The van der Waals surface area contributed by atoms with Crippen LogP contribution < -0.4 is 9.47 Å². The Morgan fingerprint density at radius 3 is 2.50 bits per heavy atom. The molecule has 1 fully saturated rings. The lowest BCUT2D eigenvalue weighted by Crippen LogP contribution is -2.32. The normalized spacial score (nSPS) is 14.7. The van der Waals surface area contributed by atoms with Gasteiger partial charge in [0.25, 0.3) is 11.1 Å². The largest absolute Gasteiger partial charge is 0.491 e. The van der Waals surface area contributed by atoms with Crippen LogP contribution in [0.2, 0.25) is 0 Å². The van der Waals surface area contributed by atoms with E-state index in [2.05, 4.69) is 15.9 Å². The lowest BCUT2D eigenvalue weighted by molar-refractivity contribution is -0.123. The molecule has 0 spiro atoms. The van der Waals surface area contributed by atoms with Crippen LogP contribution in [0.5, 0.6) is 11.5 Å². The number of hydrogen-bond acceptors (Lipinski definition) is 5. The van der Waals surface area contributed by atoms with Gasteiger partial charge in [-0.25, -0.2) is 0 Å². The predicted octanol–water partition coefficient (Wildman–Crippen LogP) is 6.76. The van der Waals surface area contributed by atoms with Crippen LogP contribution in [0.1, 0.15) is 22.3 Å². The number of ether oxygens (including phenoxy) is 2. The van der Waals surface area contributed by atoms with E-state index < -0.39 is 0 Å². The maximum absolute atomic E-state index is 12.8. The predicted molar refractivity (Wildman–Crippen MR) is 139 cm³/mol. The summed E-state index contributed by atoms with van der Waals surface area (Å²) in [6.07, 6.45) is 1.72. The van der Waals surface area contributed by atoms with Gasteiger partial charge >= 0.3 is 0 Å². The first kappa shape index (κ1) is 24.1. The molecule has 3 aromatic carbocycles. The van der Waals surface area contributed by atoms with Crippen molar-refractivity contribution in [1.82, 2.24) is 4.90 Å². The van der Waals surface area contributed by atoms with Gasteiger partial charge in [0.05, 0.1) is 15.9 Å². The van der Waals surface area contributed by atoms with Crippen LogP contribution in [0.4, 0.5) is 4.79 Å². The number of nitrogens with zero attached hydrogens (tertiary/aromatic N) is 1. The molecule has 0 unspecified atom stereocenters. The van der Waals surface area contributed by atoms with Crippen molar-refractivity contribution in [1.29, 1.82) is 0 Å². The molecule has 3 aromatic rings. The minimum atomic E-state index is -0.305. The second kappa shape index (κ2) is 10.9. The van der Waals surface area contributed by atoms with Gasteiger partial charge in [-0.15, -0.1) is 0 Å². The molecule has 1 heterocycles. The summed E-state index contributed by atoms with van der Waals surface area (Å²) in [5.41, 5.74) is 3.99.